The standard InChI is InChI=1S/C12H14INO3/c13-10-4-3-8(6-11(10)15)12(16)14-9-2-1-5-17-7-9/h3-4,6,9,15H,1-2,5,7H2,(H,14,16). The number of carbonyl (C=O) groups excluding carboxylic acids is 1. The van der Waals surface area contributed by atoms with E-state index in [0.717, 1.165) is 23.0 Å². The van der Waals surface area contributed by atoms with Gasteiger partial charge in [-0.05, 0) is 53.6 Å². The van der Waals surface area contributed by atoms with Gasteiger partial charge in [0.15, 0.2) is 0 Å². The second kappa shape index (κ2) is 5.68. The van der Waals surface area contributed by atoms with Crippen LogP contribution in [0.5, 0.6) is 5.75 Å². The molecule has 1 heterocycles. The molecule has 1 aliphatic heterocycles. The Morgan fingerprint density at radius 2 is 2.35 bits per heavy atom. The number of benzene rings is 1. The summed E-state index contributed by atoms with van der Waals surface area (Å²) in [4.78, 5) is 11.9. The van der Waals surface area contributed by atoms with Crippen LogP contribution in [0.1, 0.15) is 23.2 Å². The van der Waals surface area contributed by atoms with Crippen molar-refractivity contribution < 1.29 is 14.6 Å². The second-order valence-corrected chi connectivity index (χ2v) is 5.22. The molecular weight excluding hydrogens is 333 g/mol. The number of phenols is 1. The molecule has 1 aromatic carbocycles. The van der Waals surface area contributed by atoms with Crippen molar-refractivity contribution in [1.29, 1.82) is 0 Å². The average Bonchev–Trinajstić information content (AvgIpc) is 2.34. The summed E-state index contributed by atoms with van der Waals surface area (Å²) in [5, 5.41) is 12.4. The Morgan fingerprint density at radius 1 is 1.53 bits per heavy atom. The van der Waals surface area contributed by atoms with Crippen molar-refractivity contribution in [3.8, 4) is 5.75 Å². The zero-order chi connectivity index (χ0) is 12.3. The van der Waals surface area contributed by atoms with E-state index in [1.54, 1.807) is 12.1 Å². The highest BCUT2D eigenvalue weighted by Gasteiger charge is 2.17. The normalized spacial score (nSPS) is 19.9. The molecule has 0 saturated carbocycles. The first kappa shape index (κ1) is 12.6. The largest absolute Gasteiger partial charge is 0.507 e. The summed E-state index contributed by atoms with van der Waals surface area (Å²) >= 11 is 2.02. The maximum Gasteiger partial charge on any atom is 0.251 e. The summed E-state index contributed by atoms with van der Waals surface area (Å²) < 4.78 is 6.03. The highest BCUT2D eigenvalue weighted by Crippen LogP contribution is 2.20. The average molecular weight is 347 g/mol. The molecule has 1 aliphatic rings. The molecule has 0 bridgehead atoms. The van der Waals surface area contributed by atoms with Crippen LogP contribution >= 0.6 is 22.6 Å². The Hall–Kier alpha value is -0.820. The fraction of sp³-hybridized carbons (Fsp3) is 0.417. The molecule has 0 radical (unpaired) electrons. The molecule has 92 valence electrons. The predicted octanol–water partition coefficient (Wildman–Crippen LogP) is 1.91. The van der Waals surface area contributed by atoms with Gasteiger partial charge >= 0.3 is 0 Å². The Balaban J connectivity index is 2.01. The van der Waals surface area contributed by atoms with E-state index < -0.39 is 0 Å². The lowest BCUT2D eigenvalue weighted by Crippen LogP contribution is -2.40. The van der Waals surface area contributed by atoms with Crippen molar-refractivity contribution in [2.75, 3.05) is 13.2 Å². The molecule has 0 spiro atoms. The topological polar surface area (TPSA) is 58.6 Å². The van der Waals surface area contributed by atoms with Crippen LogP contribution in [0.25, 0.3) is 0 Å². The number of hydrogen-bond acceptors (Lipinski definition) is 3. The van der Waals surface area contributed by atoms with Crippen molar-refractivity contribution in [1.82, 2.24) is 5.32 Å². The van der Waals surface area contributed by atoms with Crippen LogP contribution in [-0.4, -0.2) is 30.3 Å². The summed E-state index contributed by atoms with van der Waals surface area (Å²) in [6, 6.07) is 5.00. The van der Waals surface area contributed by atoms with Crippen LogP contribution in [-0.2, 0) is 4.74 Å². The maximum atomic E-state index is 11.9. The summed E-state index contributed by atoms with van der Waals surface area (Å²) in [5.74, 6) is -0.0228. The highest BCUT2D eigenvalue weighted by molar-refractivity contribution is 14.1. The smallest absolute Gasteiger partial charge is 0.251 e. The van der Waals surface area contributed by atoms with Crippen LogP contribution in [0.3, 0.4) is 0 Å². The molecule has 1 fully saturated rings. The van der Waals surface area contributed by atoms with Gasteiger partial charge in [0, 0.05) is 12.2 Å². The SMILES string of the molecule is O=C(NC1CCCOC1)c1ccc(I)c(O)c1. The summed E-state index contributed by atoms with van der Waals surface area (Å²) in [5.41, 5.74) is 0.480. The maximum absolute atomic E-state index is 11.9. The lowest BCUT2D eigenvalue weighted by atomic mass is 10.1. The third-order valence-electron chi connectivity index (χ3n) is 2.70. The predicted molar refractivity (Wildman–Crippen MR) is 72.1 cm³/mol. The molecule has 5 heteroatoms. The van der Waals surface area contributed by atoms with Crippen LogP contribution < -0.4 is 5.32 Å². The Morgan fingerprint density at radius 3 is 3.00 bits per heavy atom. The Bertz CT molecular complexity index is 416. The number of aromatic hydroxyl groups is 1. The lowest BCUT2D eigenvalue weighted by molar-refractivity contribution is 0.0624. The van der Waals surface area contributed by atoms with E-state index >= 15 is 0 Å². The van der Waals surface area contributed by atoms with Crippen LogP contribution in [0.2, 0.25) is 0 Å². The molecule has 0 aromatic heterocycles. The molecule has 1 unspecified atom stereocenters. The molecule has 1 atom stereocenters. The summed E-state index contributed by atoms with van der Waals surface area (Å²) in [6.07, 6.45) is 1.92. The Kier molecular flexibility index (Phi) is 4.22. The van der Waals surface area contributed by atoms with Crippen LogP contribution in [0.4, 0.5) is 0 Å². The van der Waals surface area contributed by atoms with Gasteiger partial charge in [-0.15, -0.1) is 0 Å². The van der Waals surface area contributed by atoms with Gasteiger partial charge in [-0.3, -0.25) is 4.79 Å². The first-order valence-electron chi connectivity index (χ1n) is 5.54. The van der Waals surface area contributed by atoms with Crippen molar-refractivity contribution in [3.05, 3.63) is 27.3 Å². The number of phenolic OH excluding ortho intramolecular Hbond substituents is 1. The first-order chi connectivity index (χ1) is 8.16. The van der Waals surface area contributed by atoms with Gasteiger partial charge in [-0.25, -0.2) is 0 Å². The van der Waals surface area contributed by atoms with Gasteiger partial charge in [0.25, 0.3) is 5.91 Å². The number of carbonyl (C=O) groups is 1. The van der Waals surface area contributed by atoms with E-state index in [9.17, 15) is 9.90 Å². The molecule has 2 rings (SSSR count). The van der Waals surface area contributed by atoms with E-state index in [0.29, 0.717) is 12.2 Å². The summed E-state index contributed by atoms with van der Waals surface area (Å²) in [7, 11) is 0. The number of rotatable bonds is 2. The minimum atomic E-state index is -0.160. The number of ether oxygens (including phenoxy) is 1. The molecule has 0 aliphatic carbocycles. The molecular formula is C12H14INO3. The van der Waals surface area contributed by atoms with Gasteiger partial charge in [0.2, 0.25) is 0 Å². The lowest BCUT2D eigenvalue weighted by Gasteiger charge is -2.23. The van der Waals surface area contributed by atoms with Crippen molar-refractivity contribution >= 4 is 28.5 Å². The third-order valence-corrected chi connectivity index (χ3v) is 3.62. The van der Waals surface area contributed by atoms with E-state index in [-0.39, 0.29) is 17.7 Å². The zero-order valence-corrected chi connectivity index (χ0v) is 11.4. The van der Waals surface area contributed by atoms with E-state index in [4.69, 9.17) is 4.74 Å². The fourth-order valence-electron chi connectivity index (χ4n) is 1.78. The van der Waals surface area contributed by atoms with Gasteiger partial charge in [-0.2, -0.15) is 0 Å². The minimum absolute atomic E-state index is 0.0812. The molecule has 4 nitrogen and oxygen atoms in total. The summed E-state index contributed by atoms with van der Waals surface area (Å²) in [6.45, 7) is 1.35. The van der Waals surface area contributed by atoms with Crippen molar-refractivity contribution in [2.24, 2.45) is 0 Å². The van der Waals surface area contributed by atoms with Crippen LogP contribution in [0, 0.1) is 3.57 Å². The zero-order valence-electron chi connectivity index (χ0n) is 9.28. The molecule has 17 heavy (non-hydrogen) atoms. The quantitative estimate of drug-likeness (QED) is 0.804. The number of halogens is 1. The van der Waals surface area contributed by atoms with Crippen LogP contribution in [0.15, 0.2) is 18.2 Å². The monoisotopic (exact) mass is 347 g/mol. The van der Waals surface area contributed by atoms with E-state index in [2.05, 4.69) is 5.32 Å². The van der Waals surface area contributed by atoms with Crippen molar-refractivity contribution in [3.63, 3.8) is 0 Å². The molecule has 2 N–H and O–H groups in total. The van der Waals surface area contributed by atoms with Crippen molar-refractivity contribution in [2.45, 2.75) is 18.9 Å². The molecule has 1 aromatic rings. The number of hydrogen-bond donors (Lipinski definition) is 2. The van der Waals surface area contributed by atoms with E-state index in [1.165, 1.54) is 6.07 Å². The van der Waals surface area contributed by atoms with Gasteiger partial charge in [-0.1, -0.05) is 0 Å². The van der Waals surface area contributed by atoms with E-state index in [1.807, 2.05) is 22.6 Å². The first-order valence-corrected chi connectivity index (χ1v) is 6.62. The second-order valence-electron chi connectivity index (χ2n) is 4.05. The number of amides is 1. The molecule has 1 amide bonds. The Labute approximate surface area is 113 Å². The number of nitrogens with one attached hydrogen (secondary N) is 1. The fourth-order valence-corrected chi connectivity index (χ4v) is 2.11. The minimum Gasteiger partial charge on any atom is -0.507 e. The highest BCUT2D eigenvalue weighted by atomic mass is 127. The third kappa shape index (κ3) is 3.32. The van der Waals surface area contributed by atoms with Gasteiger partial charge < -0.3 is 15.2 Å². The van der Waals surface area contributed by atoms with Gasteiger partial charge in [0.1, 0.15) is 5.75 Å². The molecule has 1 saturated heterocycles. The van der Waals surface area contributed by atoms with Gasteiger partial charge in [0.05, 0.1) is 16.2 Å².